The second-order valence-electron chi connectivity index (χ2n) is 3.01. The highest BCUT2D eigenvalue weighted by atomic mass is 35.5. The van der Waals surface area contributed by atoms with Crippen molar-refractivity contribution in [3.05, 3.63) is 47.6 Å². The zero-order valence-corrected chi connectivity index (χ0v) is 8.96. The van der Waals surface area contributed by atoms with Crippen molar-refractivity contribution in [2.75, 3.05) is 0 Å². The standard InChI is InChI=1S/C10H9F4N.ClH/c1-2-3-7(15)8-9(13)5(11)4-6(12)10(8)14;/h2,4,7H,1,3,15H2;1H/t7-;/m1./s1. The van der Waals surface area contributed by atoms with E-state index in [1.54, 1.807) is 0 Å². The summed E-state index contributed by atoms with van der Waals surface area (Å²) in [5.74, 6) is -5.82. The fraction of sp³-hybridized carbons (Fsp3) is 0.200. The van der Waals surface area contributed by atoms with E-state index in [9.17, 15) is 17.6 Å². The molecule has 2 N–H and O–H groups in total. The topological polar surface area (TPSA) is 26.0 Å². The molecule has 0 aromatic heterocycles. The van der Waals surface area contributed by atoms with Gasteiger partial charge in [-0.05, 0) is 6.42 Å². The molecule has 0 radical (unpaired) electrons. The van der Waals surface area contributed by atoms with E-state index in [1.807, 2.05) is 0 Å². The SMILES string of the molecule is C=CC[C@@H](N)c1c(F)c(F)cc(F)c1F.Cl. The maximum Gasteiger partial charge on any atom is 0.166 e. The Bertz CT molecular complexity index is 369. The molecule has 0 unspecified atom stereocenters. The summed E-state index contributed by atoms with van der Waals surface area (Å²) >= 11 is 0. The van der Waals surface area contributed by atoms with Crippen LogP contribution in [-0.4, -0.2) is 0 Å². The van der Waals surface area contributed by atoms with Gasteiger partial charge in [0.15, 0.2) is 23.3 Å². The third-order valence-electron chi connectivity index (χ3n) is 1.94. The van der Waals surface area contributed by atoms with Gasteiger partial charge in [-0.2, -0.15) is 0 Å². The van der Waals surface area contributed by atoms with E-state index in [0.717, 1.165) is 0 Å². The number of benzene rings is 1. The highest BCUT2D eigenvalue weighted by molar-refractivity contribution is 5.85. The van der Waals surface area contributed by atoms with Gasteiger partial charge in [-0.15, -0.1) is 19.0 Å². The molecule has 0 saturated heterocycles. The molecule has 0 bridgehead atoms. The number of hydrogen-bond acceptors (Lipinski definition) is 1. The molecule has 0 spiro atoms. The number of halogens is 5. The largest absolute Gasteiger partial charge is 0.324 e. The first-order valence-electron chi connectivity index (χ1n) is 4.18. The summed E-state index contributed by atoms with van der Waals surface area (Å²) in [6.07, 6.45) is 1.34. The molecule has 1 aromatic rings. The molecule has 0 aliphatic heterocycles. The molecule has 6 heteroatoms. The van der Waals surface area contributed by atoms with Gasteiger partial charge in [0.25, 0.3) is 0 Å². The Morgan fingerprint density at radius 3 is 2.00 bits per heavy atom. The number of hydrogen-bond donors (Lipinski definition) is 1. The maximum absolute atomic E-state index is 13.1. The minimum Gasteiger partial charge on any atom is -0.324 e. The number of rotatable bonds is 3. The van der Waals surface area contributed by atoms with Crippen molar-refractivity contribution in [3.8, 4) is 0 Å². The second kappa shape index (κ2) is 5.86. The number of nitrogens with two attached hydrogens (primary N) is 1. The van der Waals surface area contributed by atoms with Crippen LogP contribution in [0.2, 0.25) is 0 Å². The Morgan fingerprint density at radius 1 is 1.19 bits per heavy atom. The smallest absolute Gasteiger partial charge is 0.166 e. The quantitative estimate of drug-likeness (QED) is 0.501. The van der Waals surface area contributed by atoms with Gasteiger partial charge in [0.2, 0.25) is 0 Å². The third kappa shape index (κ3) is 2.74. The van der Waals surface area contributed by atoms with Gasteiger partial charge in [0, 0.05) is 17.7 Å². The lowest BCUT2D eigenvalue weighted by atomic mass is 10.0. The summed E-state index contributed by atoms with van der Waals surface area (Å²) in [4.78, 5) is 0. The van der Waals surface area contributed by atoms with E-state index in [1.165, 1.54) is 6.08 Å². The van der Waals surface area contributed by atoms with Crippen molar-refractivity contribution in [1.82, 2.24) is 0 Å². The van der Waals surface area contributed by atoms with Crippen LogP contribution in [0.25, 0.3) is 0 Å². The predicted octanol–water partition coefficient (Wildman–Crippen LogP) is 3.24. The predicted molar refractivity (Wildman–Crippen MR) is 55.3 cm³/mol. The lowest BCUT2D eigenvalue weighted by Crippen LogP contribution is -2.15. The first kappa shape index (κ1) is 14.9. The fourth-order valence-corrected chi connectivity index (χ4v) is 1.21. The first-order valence-corrected chi connectivity index (χ1v) is 4.18. The normalized spacial score (nSPS) is 11.8. The molecule has 1 nitrogen and oxygen atoms in total. The fourth-order valence-electron chi connectivity index (χ4n) is 1.21. The maximum atomic E-state index is 13.1. The van der Waals surface area contributed by atoms with Crippen molar-refractivity contribution >= 4 is 12.4 Å². The van der Waals surface area contributed by atoms with Crippen LogP contribution >= 0.6 is 12.4 Å². The zero-order valence-electron chi connectivity index (χ0n) is 8.14. The summed E-state index contributed by atoms with van der Waals surface area (Å²) < 4.78 is 51.8. The van der Waals surface area contributed by atoms with Gasteiger partial charge in [0.05, 0.1) is 0 Å². The minimum atomic E-state index is -1.46. The van der Waals surface area contributed by atoms with E-state index in [4.69, 9.17) is 5.73 Å². The van der Waals surface area contributed by atoms with Crippen LogP contribution < -0.4 is 5.73 Å². The molecule has 0 saturated carbocycles. The van der Waals surface area contributed by atoms with Crippen molar-refractivity contribution < 1.29 is 17.6 Å². The zero-order chi connectivity index (χ0) is 11.6. The van der Waals surface area contributed by atoms with Crippen LogP contribution in [0.5, 0.6) is 0 Å². The van der Waals surface area contributed by atoms with Gasteiger partial charge in [0.1, 0.15) is 0 Å². The third-order valence-corrected chi connectivity index (χ3v) is 1.94. The van der Waals surface area contributed by atoms with Crippen molar-refractivity contribution in [3.63, 3.8) is 0 Å². The van der Waals surface area contributed by atoms with Crippen LogP contribution in [0.3, 0.4) is 0 Å². The molecule has 0 fully saturated rings. The van der Waals surface area contributed by atoms with E-state index < -0.39 is 34.9 Å². The minimum absolute atomic E-state index is 0. The van der Waals surface area contributed by atoms with Crippen LogP contribution in [0.1, 0.15) is 18.0 Å². The van der Waals surface area contributed by atoms with E-state index >= 15 is 0 Å². The Kier molecular flexibility index (Phi) is 5.47. The molecule has 0 aliphatic carbocycles. The lowest BCUT2D eigenvalue weighted by Gasteiger charge is -2.12. The Balaban J connectivity index is 0.00000225. The lowest BCUT2D eigenvalue weighted by molar-refractivity contribution is 0.427. The molecule has 90 valence electrons. The van der Waals surface area contributed by atoms with Crippen molar-refractivity contribution in [1.29, 1.82) is 0 Å². The monoisotopic (exact) mass is 255 g/mol. The first-order chi connectivity index (χ1) is 6.99. The van der Waals surface area contributed by atoms with Gasteiger partial charge in [-0.3, -0.25) is 0 Å². The molecular formula is C10H10ClF4N. The van der Waals surface area contributed by atoms with E-state index in [-0.39, 0.29) is 24.9 Å². The van der Waals surface area contributed by atoms with Gasteiger partial charge >= 0.3 is 0 Å². The van der Waals surface area contributed by atoms with Gasteiger partial charge in [-0.25, -0.2) is 17.6 Å². The highest BCUT2D eigenvalue weighted by Gasteiger charge is 2.22. The Morgan fingerprint density at radius 2 is 1.62 bits per heavy atom. The average Bonchev–Trinajstić information content (AvgIpc) is 2.16. The Labute approximate surface area is 96.4 Å². The second-order valence-corrected chi connectivity index (χ2v) is 3.01. The molecule has 1 atom stereocenters. The average molecular weight is 256 g/mol. The molecule has 0 heterocycles. The van der Waals surface area contributed by atoms with E-state index in [2.05, 4.69) is 6.58 Å². The van der Waals surface area contributed by atoms with Gasteiger partial charge < -0.3 is 5.73 Å². The summed E-state index contributed by atoms with van der Waals surface area (Å²) in [5.41, 5.74) is 4.58. The molecule has 1 rings (SSSR count). The van der Waals surface area contributed by atoms with Crippen LogP contribution in [-0.2, 0) is 0 Å². The summed E-state index contributed by atoms with van der Waals surface area (Å²) in [7, 11) is 0. The summed E-state index contributed by atoms with van der Waals surface area (Å²) in [6, 6.07) is -0.998. The van der Waals surface area contributed by atoms with Crippen LogP contribution in [0, 0.1) is 23.3 Å². The highest BCUT2D eigenvalue weighted by Crippen LogP contribution is 2.25. The van der Waals surface area contributed by atoms with Crippen molar-refractivity contribution in [2.45, 2.75) is 12.5 Å². The van der Waals surface area contributed by atoms with Crippen LogP contribution in [0.15, 0.2) is 18.7 Å². The van der Waals surface area contributed by atoms with Crippen LogP contribution in [0.4, 0.5) is 17.6 Å². The molecule has 0 aliphatic rings. The van der Waals surface area contributed by atoms with E-state index in [0.29, 0.717) is 0 Å². The molecule has 16 heavy (non-hydrogen) atoms. The molecule has 1 aromatic carbocycles. The molecular weight excluding hydrogens is 246 g/mol. The van der Waals surface area contributed by atoms with Crippen molar-refractivity contribution in [2.24, 2.45) is 5.73 Å². The summed E-state index contributed by atoms with van der Waals surface area (Å²) in [6.45, 7) is 3.32. The Hall–Kier alpha value is -1.07. The molecule has 0 amide bonds. The van der Waals surface area contributed by atoms with Gasteiger partial charge in [-0.1, -0.05) is 6.08 Å². The summed E-state index contributed by atoms with van der Waals surface area (Å²) in [5, 5.41) is 0.